The second-order valence-electron chi connectivity index (χ2n) is 6.26. The fourth-order valence-corrected chi connectivity index (χ4v) is 3.98. The molecule has 0 radical (unpaired) electrons. The predicted molar refractivity (Wildman–Crippen MR) is 97.2 cm³/mol. The largest absolute Gasteiger partial charge is 0.339 e. The lowest BCUT2D eigenvalue weighted by molar-refractivity contribution is -0.132. The van der Waals surface area contributed by atoms with E-state index in [1.807, 2.05) is 32.6 Å². The summed E-state index contributed by atoms with van der Waals surface area (Å²) in [5.41, 5.74) is 3.53. The quantitative estimate of drug-likeness (QED) is 0.784. The third-order valence-corrected chi connectivity index (χ3v) is 5.92. The van der Waals surface area contributed by atoms with E-state index in [0.29, 0.717) is 10.6 Å². The second-order valence-corrected chi connectivity index (χ2v) is 7.59. The van der Waals surface area contributed by atoms with Crippen molar-refractivity contribution < 1.29 is 4.79 Å². The Balaban J connectivity index is 2.11. The zero-order chi connectivity index (χ0) is 17.9. The molecule has 0 aliphatic carbocycles. The van der Waals surface area contributed by atoms with Crippen LogP contribution in [-0.4, -0.2) is 58.7 Å². The Hall–Kier alpha value is -1.58. The minimum atomic E-state index is -0.237. The van der Waals surface area contributed by atoms with Crippen molar-refractivity contribution in [2.24, 2.45) is 0 Å². The van der Waals surface area contributed by atoms with Crippen molar-refractivity contribution >= 4 is 17.7 Å². The molecule has 1 aromatic rings. The normalized spacial score (nSPS) is 16.8. The van der Waals surface area contributed by atoms with Crippen molar-refractivity contribution in [2.45, 2.75) is 44.9 Å². The lowest BCUT2D eigenvalue weighted by Crippen LogP contribution is -2.50. The number of hydrogen-bond donors (Lipinski definition) is 0. The summed E-state index contributed by atoms with van der Waals surface area (Å²) < 4.78 is 0. The van der Waals surface area contributed by atoms with Crippen molar-refractivity contribution in [3.63, 3.8) is 0 Å². The molecular formula is C18H26N4OS. The van der Waals surface area contributed by atoms with Crippen LogP contribution < -0.4 is 0 Å². The number of carbonyl (C=O) groups is 1. The summed E-state index contributed by atoms with van der Waals surface area (Å²) in [5, 5.41) is 9.90. The van der Waals surface area contributed by atoms with Gasteiger partial charge in [0.25, 0.3) is 0 Å². The van der Waals surface area contributed by atoms with Crippen LogP contribution in [-0.2, 0) is 4.79 Å². The molecule has 1 unspecified atom stereocenters. The van der Waals surface area contributed by atoms with Crippen LogP contribution >= 0.6 is 11.8 Å². The Morgan fingerprint density at radius 1 is 1.25 bits per heavy atom. The first-order chi connectivity index (χ1) is 11.4. The molecule has 0 N–H and O–H groups in total. The number of likely N-dealkylation sites (N-methyl/N-ethyl adjacent to an activating group) is 1. The van der Waals surface area contributed by atoms with Crippen molar-refractivity contribution in [2.75, 3.05) is 32.7 Å². The first-order valence-electron chi connectivity index (χ1n) is 8.44. The first kappa shape index (κ1) is 18.8. The van der Waals surface area contributed by atoms with Crippen LogP contribution in [0.1, 0.15) is 36.2 Å². The molecule has 0 bridgehead atoms. The van der Waals surface area contributed by atoms with E-state index in [1.165, 1.54) is 11.8 Å². The maximum atomic E-state index is 12.7. The summed E-state index contributed by atoms with van der Waals surface area (Å²) in [5.74, 6) is 0.136. The second kappa shape index (κ2) is 8.00. The number of aromatic nitrogens is 1. The number of rotatable bonds is 4. The Morgan fingerprint density at radius 3 is 2.42 bits per heavy atom. The number of amides is 1. The molecular weight excluding hydrogens is 320 g/mol. The summed E-state index contributed by atoms with van der Waals surface area (Å²) in [7, 11) is 0. The van der Waals surface area contributed by atoms with Gasteiger partial charge < -0.3 is 9.80 Å². The third kappa shape index (κ3) is 3.90. The van der Waals surface area contributed by atoms with E-state index in [0.717, 1.165) is 49.5 Å². The highest BCUT2D eigenvalue weighted by atomic mass is 32.2. The van der Waals surface area contributed by atoms with Crippen LogP contribution in [0.15, 0.2) is 5.03 Å². The highest BCUT2D eigenvalue weighted by molar-refractivity contribution is 8.00. The fourth-order valence-electron chi connectivity index (χ4n) is 2.89. The highest BCUT2D eigenvalue weighted by Gasteiger charge is 2.26. The Labute approximate surface area is 149 Å². The Bertz CT molecular complexity index is 660. The van der Waals surface area contributed by atoms with Gasteiger partial charge in [-0.25, -0.2) is 4.98 Å². The molecule has 6 heteroatoms. The van der Waals surface area contributed by atoms with Crippen LogP contribution in [0.2, 0.25) is 0 Å². The van der Waals surface area contributed by atoms with Crippen molar-refractivity contribution in [3.8, 4) is 6.07 Å². The van der Waals surface area contributed by atoms with E-state index < -0.39 is 0 Å². The van der Waals surface area contributed by atoms with E-state index in [4.69, 9.17) is 0 Å². The lowest BCUT2D eigenvalue weighted by atomic mass is 10.1. The van der Waals surface area contributed by atoms with Gasteiger partial charge in [-0.2, -0.15) is 5.26 Å². The predicted octanol–water partition coefficient (Wildman–Crippen LogP) is 2.52. The topological polar surface area (TPSA) is 60.2 Å². The summed E-state index contributed by atoms with van der Waals surface area (Å²) in [6, 6.07) is 2.25. The smallest absolute Gasteiger partial charge is 0.235 e. The van der Waals surface area contributed by atoms with E-state index in [2.05, 4.69) is 22.9 Å². The molecule has 24 heavy (non-hydrogen) atoms. The maximum Gasteiger partial charge on any atom is 0.235 e. The molecule has 5 nitrogen and oxygen atoms in total. The average molecular weight is 347 g/mol. The molecule has 1 amide bonds. The van der Waals surface area contributed by atoms with Crippen LogP contribution in [0.3, 0.4) is 0 Å². The van der Waals surface area contributed by atoms with E-state index >= 15 is 0 Å². The molecule has 1 aromatic heterocycles. The van der Waals surface area contributed by atoms with Gasteiger partial charge in [-0.3, -0.25) is 4.79 Å². The van der Waals surface area contributed by atoms with Gasteiger partial charge in [0.05, 0.1) is 10.8 Å². The van der Waals surface area contributed by atoms with Crippen molar-refractivity contribution in [3.05, 3.63) is 22.4 Å². The van der Waals surface area contributed by atoms with Gasteiger partial charge in [0, 0.05) is 31.9 Å². The highest BCUT2D eigenvalue weighted by Crippen LogP contribution is 2.30. The summed E-state index contributed by atoms with van der Waals surface area (Å²) in [6.07, 6.45) is 0. The zero-order valence-electron chi connectivity index (χ0n) is 15.2. The van der Waals surface area contributed by atoms with E-state index in [-0.39, 0.29) is 11.2 Å². The number of pyridine rings is 1. The number of nitrogens with zero attached hydrogens (tertiary/aromatic N) is 4. The number of nitriles is 1. The Morgan fingerprint density at radius 2 is 1.88 bits per heavy atom. The molecule has 0 spiro atoms. The summed E-state index contributed by atoms with van der Waals surface area (Å²) in [6.45, 7) is 14.4. The third-order valence-electron chi connectivity index (χ3n) is 4.84. The van der Waals surface area contributed by atoms with E-state index in [9.17, 15) is 10.1 Å². The Kier molecular flexibility index (Phi) is 6.25. The van der Waals surface area contributed by atoms with E-state index in [1.54, 1.807) is 0 Å². The van der Waals surface area contributed by atoms with Gasteiger partial charge in [-0.1, -0.05) is 18.7 Å². The molecule has 1 saturated heterocycles. The molecule has 0 aromatic carbocycles. The van der Waals surface area contributed by atoms with Gasteiger partial charge in [-0.15, -0.1) is 0 Å². The molecule has 0 saturated carbocycles. The first-order valence-corrected chi connectivity index (χ1v) is 9.32. The fraction of sp³-hybridized carbons (Fsp3) is 0.611. The van der Waals surface area contributed by atoms with Crippen LogP contribution in [0.4, 0.5) is 0 Å². The molecule has 130 valence electrons. The number of piperazine rings is 1. The van der Waals surface area contributed by atoms with Crippen molar-refractivity contribution in [1.29, 1.82) is 5.26 Å². The van der Waals surface area contributed by atoms with Crippen LogP contribution in [0, 0.1) is 32.1 Å². The monoisotopic (exact) mass is 346 g/mol. The van der Waals surface area contributed by atoms with Crippen LogP contribution in [0.25, 0.3) is 0 Å². The number of hydrogen-bond acceptors (Lipinski definition) is 5. The van der Waals surface area contributed by atoms with Gasteiger partial charge in [0.2, 0.25) is 5.91 Å². The zero-order valence-corrected chi connectivity index (χ0v) is 16.0. The maximum absolute atomic E-state index is 12.7. The van der Waals surface area contributed by atoms with Gasteiger partial charge in [0.1, 0.15) is 11.1 Å². The summed E-state index contributed by atoms with van der Waals surface area (Å²) >= 11 is 1.40. The molecule has 1 fully saturated rings. The number of carbonyl (C=O) groups excluding carboxylic acids is 1. The lowest BCUT2D eigenvalue weighted by Gasteiger charge is -2.35. The number of thioether (sulfide) groups is 1. The summed E-state index contributed by atoms with van der Waals surface area (Å²) in [4.78, 5) is 21.6. The average Bonchev–Trinajstić information content (AvgIpc) is 2.59. The van der Waals surface area contributed by atoms with Crippen molar-refractivity contribution in [1.82, 2.24) is 14.8 Å². The minimum Gasteiger partial charge on any atom is -0.339 e. The van der Waals surface area contributed by atoms with Gasteiger partial charge in [0.15, 0.2) is 0 Å². The van der Waals surface area contributed by atoms with Gasteiger partial charge in [-0.05, 0) is 45.4 Å². The molecule has 1 aliphatic rings. The standard InChI is InChI=1S/C18H26N4OS/c1-6-21-7-9-22(10-8-21)18(23)15(5)24-17-16(11-19)13(3)12(2)14(4)20-17/h15H,6-10H2,1-5H3. The molecule has 1 atom stereocenters. The SMILES string of the molecule is CCN1CCN(C(=O)C(C)Sc2nc(C)c(C)c(C)c2C#N)CC1. The molecule has 1 aliphatic heterocycles. The molecule has 2 rings (SSSR count). The van der Waals surface area contributed by atoms with Gasteiger partial charge >= 0.3 is 0 Å². The number of aryl methyl sites for hydroxylation is 1. The van der Waals surface area contributed by atoms with Crippen LogP contribution in [0.5, 0.6) is 0 Å². The molecule has 2 heterocycles. The minimum absolute atomic E-state index is 0.136.